The Morgan fingerprint density at radius 3 is 2.30 bits per heavy atom. The number of ether oxygens (including phenoxy) is 2. The van der Waals surface area contributed by atoms with Crippen LogP contribution in [0.2, 0.25) is 0 Å². The number of hydrogen-bond acceptors (Lipinski definition) is 3. The quantitative estimate of drug-likeness (QED) is 0.734. The van der Waals surface area contributed by atoms with Gasteiger partial charge in [-0.1, -0.05) is 42.5 Å². The molecule has 1 saturated heterocycles. The highest BCUT2D eigenvalue weighted by Crippen LogP contribution is 2.33. The van der Waals surface area contributed by atoms with Gasteiger partial charge >= 0.3 is 0 Å². The molecule has 1 heterocycles. The van der Waals surface area contributed by atoms with Gasteiger partial charge in [0.25, 0.3) is 0 Å². The molecule has 0 aliphatic carbocycles. The van der Waals surface area contributed by atoms with Gasteiger partial charge in [0.1, 0.15) is 5.75 Å². The van der Waals surface area contributed by atoms with Crippen LogP contribution < -0.4 is 4.74 Å². The molecule has 0 N–H and O–H groups in total. The van der Waals surface area contributed by atoms with Gasteiger partial charge in [0.2, 0.25) is 5.91 Å². The minimum absolute atomic E-state index is 0.114. The van der Waals surface area contributed by atoms with Crippen molar-refractivity contribution in [2.24, 2.45) is 5.92 Å². The molecule has 1 atom stereocenters. The van der Waals surface area contributed by atoms with Gasteiger partial charge < -0.3 is 14.4 Å². The zero-order chi connectivity index (χ0) is 19.1. The Balaban J connectivity index is 1.48. The molecule has 1 aliphatic rings. The third kappa shape index (κ3) is 5.10. The SMILES string of the molecule is COc1ccc(CCC(=O)N2CCC(C(OC)c3ccccc3)CC2)cc1. The zero-order valence-corrected chi connectivity index (χ0v) is 16.3. The minimum Gasteiger partial charge on any atom is -0.497 e. The fraction of sp³-hybridized carbons (Fsp3) is 0.435. The average Bonchev–Trinajstić information content (AvgIpc) is 2.74. The van der Waals surface area contributed by atoms with E-state index in [1.807, 2.05) is 35.2 Å². The van der Waals surface area contributed by atoms with Gasteiger partial charge in [0.15, 0.2) is 0 Å². The van der Waals surface area contributed by atoms with E-state index >= 15 is 0 Å². The van der Waals surface area contributed by atoms with E-state index < -0.39 is 0 Å². The van der Waals surface area contributed by atoms with E-state index in [1.54, 1.807) is 14.2 Å². The summed E-state index contributed by atoms with van der Waals surface area (Å²) >= 11 is 0. The second kappa shape index (κ2) is 9.56. The van der Waals surface area contributed by atoms with Crippen LogP contribution in [0.25, 0.3) is 0 Å². The highest BCUT2D eigenvalue weighted by Gasteiger charge is 2.29. The van der Waals surface area contributed by atoms with E-state index in [4.69, 9.17) is 9.47 Å². The van der Waals surface area contributed by atoms with Crippen LogP contribution in [-0.4, -0.2) is 38.1 Å². The van der Waals surface area contributed by atoms with Gasteiger partial charge in [-0.15, -0.1) is 0 Å². The summed E-state index contributed by atoms with van der Waals surface area (Å²) in [5.74, 6) is 1.55. The monoisotopic (exact) mass is 367 g/mol. The number of aryl methyl sites for hydroxylation is 1. The smallest absolute Gasteiger partial charge is 0.222 e. The maximum absolute atomic E-state index is 12.6. The summed E-state index contributed by atoms with van der Waals surface area (Å²) in [4.78, 5) is 14.6. The van der Waals surface area contributed by atoms with Gasteiger partial charge in [0.05, 0.1) is 13.2 Å². The first-order chi connectivity index (χ1) is 13.2. The molecule has 4 nitrogen and oxygen atoms in total. The molecule has 0 bridgehead atoms. The highest BCUT2D eigenvalue weighted by atomic mass is 16.5. The molecule has 27 heavy (non-hydrogen) atoms. The van der Waals surface area contributed by atoms with E-state index in [-0.39, 0.29) is 12.0 Å². The second-order valence-corrected chi connectivity index (χ2v) is 7.13. The fourth-order valence-electron chi connectivity index (χ4n) is 3.90. The summed E-state index contributed by atoms with van der Waals surface area (Å²) in [7, 11) is 3.44. The van der Waals surface area contributed by atoms with Crippen molar-refractivity contribution in [2.45, 2.75) is 31.8 Å². The number of benzene rings is 2. The first kappa shape index (κ1) is 19.4. The van der Waals surface area contributed by atoms with Crippen LogP contribution in [0.15, 0.2) is 54.6 Å². The van der Waals surface area contributed by atoms with E-state index in [0.717, 1.165) is 38.1 Å². The average molecular weight is 367 g/mol. The van der Waals surface area contributed by atoms with Gasteiger partial charge in [0, 0.05) is 26.6 Å². The number of nitrogens with zero attached hydrogens (tertiary/aromatic N) is 1. The van der Waals surface area contributed by atoms with Crippen molar-refractivity contribution in [3.63, 3.8) is 0 Å². The van der Waals surface area contributed by atoms with E-state index in [9.17, 15) is 4.79 Å². The fourth-order valence-corrected chi connectivity index (χ4v) is 3.90. The molecule has 4 heteroatoms. The van der Waals surface area contributed by atoms with Crippen LogP contribution in [0.1, 0.15) is 36.5 Å². The number of piperidine rings is 1. The van der Waals surface area contributed by atoms with Gasteiger partial charge in [-0.05, 0) is 48.4 Å². The summed E-state index contributed by atoms with van der Waals surface area (Å²) in [6.07, 6.45) is 3.42. The molecule has 3 rings (SSSR count). The van der Waals surface area contributed by atoms with Crippen LogP contribution in [0.5, 0.6) is 5.75 Å². The van der Waals surface area contributed by atoms with Crippen LogP contribution in [0.3, 0.4) is 0 Å². The molecular weight excluding hydrogens is 338 g/mol. The zero-order valence-electron chi connectivity index (χ0n) is 16.3. The maximum atomic E-state index is 12.6. The molecule has 0 aromatic heterocycles. The van der Waals surface area contributed by atoms with Gasteiger partial charge in [-0.2, -0.15) is 0 Å². The van der Waals surface area contributed by atoms with Crippen LogP contribution in [-0.2, 0) is 16.0 Å². The molecule has 1 amide bonds. The Morgan fingerprint density at radius 1 is 1.04 bits per heavy atom. The lowest BCUT2D eigenvalue weighted by atomic mass is 9.87. The minimum atomic E-state index is 0.114. The van der Waals surface area contributed by atoms with E-state index in [2.05, 4.69) is 24.3 Å². The summed E-state index contributed by atoms with van der Waals surface area (Å²) < 4.78 is 11.0. The third-order valence-electron chi connectivity index (χ3n) is 5.49. The summed E-state index contributed by atoms with van der Waals surface area (Å²) in [6, 6.07) is 18.3. The maximum Gasteiger partial charge on any atom is 0.222 e. The molecular formula is C23H29NO3. The number of methoxy groups -OCH3 is 2. The number of amides is 1. The van der Waals surface area contributed by atoms with Crippen LogP contribution >= 0.6 is 0 Å². The molecule has 1 aliphatic heterocycles. The largest absolute Gasteiger partial charge is 0.497 e. The number of carbonyl (C=O) groups excluding carboxylic acids is 1. The molecule has 0 saturated carbocycles. The lowest BCUT2D eigenvalue weighted by Crippen LogP contribution is -2.40. The van der Waals surface area contributed by atoms with Gasteiger partial charge in [-0.25, -0.2) is 0 Å². The van der Waals surface area contributed by atoms with Crippen molar-refractivity contribution in [3.05, 3.63) is 65.7 Å². The Bertz CT molecular complexity index is 706. The molecule has 1 unspecified atom stereocenters. The van der Waals surface area contributed by atoms with Crippen molar-refractivity contribution in [1.82, 2.24) is 4.90 Å². The number of rotatable bonds is 7. The first-order valence-electron chi connectivity index (χ1n) is 9.69. The Kier molecular flexibility index (Phi) is 6.88. The van der Waals surface area contributed by atoms with E-state index in [1.165, 1.54) is 11.1 Å². The molecule has 2 aromatic rings. The molecule has 144 valence electrons. The standard InChI is InChI=1S/C23H29NO3/c1-26-21-11-8-18(9-12-21)10-13-22(25)24-16-14-20(15-17-24)23(27-2)19-6-4-3-5-7-19/h3-9,11-12,20,23H,10,13-17H2,1-2H3. The lowest BCUT2D eigenvalue weighted by Gasteiger charge is -2.35. The Hall–Kier alpha value is -2.33. The summed E-state index contributed by atoms with van der Waals surface area (Å²) in [6.45, 7) is 1.64. The van der Waals surface area contributed by atoms with Crippen molar-refractivity contribution in [2.75, 3.05) is 27.3 Å². The third-order valence-corrected chi connectivity index (χ3v) is 5.49. The molecule has 2 aromatic carbocycles. The molecule has 0 radical (unpaired) electrons. The lowest BCUT2D eigenvalue weighted by molar-refractivity contribution is -0.133. The van der Waals surface area contributed by atoms with Crippen LogP contribution in [0.4, 0.5) is 0 Å². The Labute approximate surface area is 162 Å². The van der Waals surface area contributed by atoms with Crippen molar-refractivity contribution >= 4 is 5.91 Å². The second-order valence-electron chi connectivity index (χ2n) is 7.13. The molecule has 0 spiro atoms. The number of likely N-dealkylation sites (tertiary alicyclic amines) is 1. The highest BCUT2D eigenvalue weighted by molar-refractivity contribution is 5.76. The number of carbonyl (C=O) groups is 1. The Morgan fingerprint density at radius 2 is 1.70 bits per heavy atom. The normalized spacial score (nSPS) is 16.1. The predicted octanol–water partition coefficient (Wildman–Crippen LogP) is 4.25. The first-order valence-corrected chi connectivity index (χ1v) is 9.69. The predicted molar refractivity (Wildman–Crippen MR) is 107 cm³/mol. The summed E-state index contributed by atoms with van der Waals surface area (Å²) in [5, 5.41) is 0. The van der Waals surface area contributed by atoms with Crippen molar-refractivity contribution in [3.8, 4) is 5.75 Å². The number of hydrogen-bond donors (Lipinski definition) is 0. The summed E-state index contributed by atoms with van der Waals surface area (Å²) in [5.41, 5.74) is 2.40. The van der Waals surface area contributed by atoms with Crippen molar-refractivity contribution < 1.29 is 14.3 Å². The van der Waals surface area contributed by atoms with Crippen molar-refractivity contribution in [1.29, 1.82) is 0 Å². The molecule has 1 fully saturated rings. The van der Waals surface area contributed by atoms with Gasteiger partial charge in [-0.3, -0.25) is 4.79 Å². The van der Waals surface area contributed by atoms with E-state index in [0.29, 0.717) is 12.3 Å². The topological polar surface area (TPSA) is 38.8 Å². The van der Waals surface area contributed by atoms with Crippen LogP contribution in [0, 0.1) is 5.92 Å².